The summed E-state index contributed by atoms with van der Waals surface area (Å²) < 4.78 is 14.4. The Hall–Kier alpha value is -2.32. The molecule has 2 saturated heterocycles. The number of halogens is 3. The molecule has 0 bridgehead atoms. The van der Waals surface area contributed by atoms with Gasteiger partial charge in [-0.2, -0.15) is 4.39 Å². The molecule has 0 aliphatic carbocycles. The quantitative estimate of drug-likeness (QED) is 0.738. The van der Waals surface area contributed by atoms with Crippen LogP contribution in [0.5, 0.6) is 0 Å². The number of benzene rings is 1. The van der Waals surface area contributed by atoms with Crippen LogP contribution in [0.15, 0.2) is 24.5 Å². The monoisotopic (exact) mass is 452 g/mol. The number of hydrogen-bond donors (Lipinski definition) is 2. The van der Waals surface area contributed by atoms with E-state index in [0.29, 0.717) is 41.8 Å². The van der Waals surface area contributed by atoms with Crippen LogP contribution < -0.4 is 16.0 Å². The summed E-state index contributed by atoms with van der Waals surface area (Å²) in [5.74, 6) is -0.290. The summed E-state index contributed by atoms with van der Waals surface area (Å²) in [7, 11) is 0. The standard InChI is InChI=1S/C20H23Cl2FN6O/c1-11-2-4-28(19-17(23)18(24)25-10-26-19)9-16(11)29-5-3-15(20(29)30)27-14-7-12(21)6-13(22)8-14/h6-8,10-11,15-16,27H,2-5,9H2,1H3,(H2,24,25,26)/t11-,15+,16-/m0/s1. The van der Waals surface area contributed by atoms with Crippen molar-refractivity contribution in [1.29, 1.82) is 0 Å². The molecule has 0 unspecified atom stereocenters. The average Bonchev–Trinajstić information content (AvgIpc) is 3.04. The zero-order valence-corrected chi connectivity index (χ0v) is 18.0. The van der Waals surface area contributed by atoms with Gasteiger partial charge in [0, 0.05) is 35.4 Å². The highest BCUT2D eigenvalue weighted by molar-refractivity contribution is 6.35. The lowest BCUT2D eigenvalue weighted by Gasteiger charge is -2.42. The fourth-order valence-corrected chi connectivity index (χ4v) is 4.77. The number of nitrogens with one attached hydrogen (secondary N) is 1. The number of anilines is 3. The SMILES string of the molecule is C[C@H]1CCN(c2ncnc(N)c2F)C[C@@H]1N1CC[C@@H](Nc2cc(Cl)cc(Cl)c2)C1=O. The van der Waals surface area contributed by atoms with Crippen molar-refractivity contribution < 1.29 is 9.18 Å². The van der Waals surface area contributed by atoms with Crippen molar-refractivity contribution in [2.75, 3.05) is 35.6 Å². The van der Waals surface area contributed by atoms with Crippen LogP contribution >= 0.6 is 23.2 Å². The molecule has 1 aromatic heterocycles. The zero-order chi connectivity index (χ0) is 21.4. The number of rotatable bonds is 4. The van der Waals surface area contributed by atoms with Crippen LogP contribution in [0.4, 0.5) is 21.7 Å². The van der Waals surface area contributed by atoms with Gasteiger partial charge in [-0.15, -0.1) is 0 Å². The van der Waals surface area contributed by atoms with Crippen molar-refractivity contribution in [3.63, 3.8) is 0 Å². The van der Waals surface area contributed by atoms with Crippen LogP contribution in [0, 0.1) is 11.7 Å². The molecule has 3 atom stereocenters. The first kappa shape index (κ1) is 20.9. The van der Waals surface area contributed by atoms with Crippen LogP contribution in [-0.2, 0) is 4.79 Å². The van der Waals surface area contributed by atoms with Crippen LogP contribution in [0.2, 0.25) is 10.0 Å². The molecule has 1 aromatic carbocycles. The number of carbonyl (C=O) groups excluding carboxylic acids is 1. The van der Waals surface area contributed by atoms with Gasteiger partial charge >= 0.3 is 0 Å². The Morgan fingerprint density at radius 2 is 1.90 bits per heavy atom. The third kappa shape index (κ3) is 4.11. The Labute approximate surface area is 184 Å². The van der Waals surface area contributed by atoms with E-state index in [1.807, 2.05) is 9.80 Å². The maximum absolute atomic E-state index is 14.4. The number of carbonyl (C=O) groups is 1. The molecule has 1 amide bonds. The van der Waals surface area contributed by atoms with E-state index in [9.17, 15) is 9.18 Å². The van der Waals surface area contributed by atoms with Crippen molar-refractivity contribution >= 4 is 46.4 Å². The molecular weight excluding hydrogens is 430 g/mol. The minimum atomic E-state index is -0.615. The number of hydrogen-bond acceptors (Lipinski definition) is 6. The molecule has 3 heterocycles. The second-order valence-electron chi connectivity index (χ2n) is 7.85. The van der Waals surface area contributed by atoms with Gasteiger partial charge in [0.25, 0.3) is 0 Å². The van der Waals surface area contributed by atoms with Gasteiger partial charge in [0.15, 0.2) is 11.6 Å². The van der Waals surface area contributed by atoms with E-state index in [1.165, 1.54) is 6.33 Å². The molecule has 0 saturated carbocycles. The number of aromatic nitrogens is 2. The molecule has 2 aromatic rings. The molecule has 4 rings (SSSR count). The lowest BCUT2D eigenvalue weighted by molar-refractivity contribution is -0.131. The Balaban J connectivity index is 1.48. The van der Waals surface area contributed by atoms with Gasteiger partial charge in [-0.1, -0.05) is 30.1 Å². The van der Waals surface area contributed by atoms with E-state index in [1.54, 1.807) is 18.2 Å². The molecule has 0 radical (unpaired) electrons. The van der Waals surface area contributed by atoms with E-state index in [2.05, 4.69) is 22.2 Å². The van der Waals surface area contributed by atoms with E-state index >= 15 is 0 Å². The Kier molecular flexibility index (Phi) is 5.88. The topological polar surface area (TPSA) is 87.4 Å². The summed E-state index contributed by atoms with van der Waals surface area (Å²) in [6.07, 6.45) is 2.75. The molecule has 0 spiro atoms. The lowest BCUT2D eigenvalue weighted by Crippen LogP contribution is -2.54. The Bertz CT molecular complexity index is 941. The Morgan fingerprint density at radius 1 is 1.17 bits per heavy atom. The van der Waals surface area contributed by atoms with Crippen molar-refractivity contribution in [3.8, 4) is 0 Å². The number of nitrogen functional groups attached to an aromatic ring is 1. The second-order valence-corrected chi connectivity index (χ2v) is 8.72. The molecule has 7 nitrogen and oxygen atoms in total. The van der Waals surface area contributed by atoms with Crippen molar-refractivity contribution in [2.24, 2.45) is 5.92 Å². The minimum Gasteiger partial charge on any atom is -0.381 e. The number of amides is 1. The Morgan fingerprint density at radius 3 is 2.63 bits per heavy atom. The summed E-state index contributed by atoms with van der Waals surface area (Å²) in [6.45, 7) is 3.89. The first-order valence-electron chi connectivity index (χ1n) is 9.87. The van der Waals surface area contributed by atoms with Gasteiger partial charge in [-0.25, -0.2) is 9.97 Å². The molecule has 3 N–H and O–H groups in total. The highest BCUT2D eigenvalue weighted by Gasteiger charge is 2.41. The number of likely N-dealkylation sites (tertiary alicyclic amines) is 1. The van der Waals surface area contributed by atoms with Gasteiger partial charge in [0.05, 0.1) is 6.04 Å². The van der Waals surface area contributed by atoms with E-state index in [0.717, 1.165) is 6.42 Å². The molecule has 30 heavy (non-hydrogen) atoms. The normalized spacial score (nSPS) is 24.4. The minimum absolute atomic E-state index is 0.0208. The highest BCUT2D eigenvalue weighted by atomic mass is 35.5. The number of nitrogens with zero attached hydrogens (tertiary/aromatic N) is 4. The van der Waals surface area contributed by atoms with Crippen molar-refractivity contribution in [3.05, 3.63) is 40.4 Å². The zero-order valence-electron chi connectivity index (χ0n) is 16.5. The molecule has 2 aliphatic rings. The predicted octanol–water partition coefficient (Wildman–Crippen LogP) is 3.43. The molecule has 10 heteroatoms. The van der Waals surface area contributed by atoms with Gasteiger partial charge < -0.3 is 20.9 Å². The lowest BCUT2D eigenvalue weighted by atomic mass is 9.92. The fourth-order valence-electron chi connectivity index (χ4n) is 4.24. The third-order valence-corrected chi connectivity index (χ3v) is 6.30. The van der Waals surface area contributed by atoms with Crippen LogP contribution in [0.3, 0.4) is 0 Å². The van der Waals surface area contributed by atoms with Crippen LogP contribution in [-0.4, -0.2) is 52.5 Å². The largest absolute Gasteiger partial charge is 0.381 e. The average molecular weight is 453 g/mol. The highest BCUT2D eigenvalue weighted by Crippen LogP contribution is 2.31. The van der Waals surface area contributed by atoms with Gasteiger partial charge in [0.1, 0.15) is 12.4 Å². The van der Waals surface area contributed by atoms with E-state index in [-0.39, 0.29) is 35.5 Å². The fraction of sp³-hybridized carbons (Fsp3) is 0.450. The summed E-state index contributed by atoms with van der Waals surface area (Å²) in [4.78, 5) is 24.7. The molecule has 160 valence electrons. The predicted molar refractivity (Wildman–Crippen MR) is 116 cm³/mol. The number of nitrogens with two attached hydrogens (primary N) is 1. The second kappa shape index (κ2) is 8.43. The van der Waals surface area contributed by atoms with E-state index < -0.39 is 5.82 Å². The van der Waals surface area contributed by atoms with Crippen LogP contribution in [0.1, 0.15) is 19.8 Å². The van der Waals surface area contributed by atoms with Gasteiger partial charge in [-0.05, 0) is 37.0 Å². The smallest absolute Gasteiger partial charge is 0.245 e. The van der Waals surface area contributed by atoms with Crippen molar-refractivity contribution in [2.45, 2.75) is 31.8 Å². The first-order valence-corrected chi connectivity index (χ1v) is 10.6. The summed E-state index contributed by atoms with van der Waals surface area (Å²) in [6, 6.07) is 4.74. The van der Waals surface area contributed by atoms with E-state index in [4.69, 9.17) is 28.9 Å². The maximum atomic E-state index is 14.4. The molecule has 2 aliphatic heterocycles. The van der Waals surface area contributed by atoms with Crippen molar-refractivity contribution in [1.82, 2.24) is 14.9 Å². The van der Waals surface area contributed by atoms with Gasteiger partial charge in [-0.3, -0.25) is 4.79 Å². The maximum Gasteiger partial charge on any atom is 0.245 e. The third-order valence-electron chi connectivity index (χ3n) is 5.86. The van der Waals surface area contributed by atoms with Crippen LogP contribution in [0.25, 0.3) is 0 Å². The number of piperidine rings is 1. The summed E-state index contributed by atoms with van der Waals surface area (Å²) in [5.41, 5.74) is 6.31. The summed E-state index contributed by atoms with van der Waals surface area (Å²) in [5, 5.41) is 4.26. The molecular formula is C20H23Cl2FN6O. The first-order chi connectivity index (χ1) is 14.3. The summed E-state index contributed by atoms with van der Waals surface area (Å²) >= 11 is 12.1. The molecule has 2 fully saturated rings. The van der Waals surface area contributed by atoms with Gasteiger partial charge in [0.2, 0.25) is 11.7 Å².